The van der Waals surface area contributed by atoms with E-state index in [9.17, 15) is 5.11 Å². The Morgan fingerprint density at radius 2 is 1.67 bits per heavy atom. The van der Waals surface area contributed by atoms with Crippen molar-refractivity contribution in [3.8, 4) is 0 Å². The topological polar surface area (TPSA) is 46.2 Å². The molecule has 0 aliphatic carbocycles. The molecule has 0 aliphatic heterocycles. The minimum Gasteiger partial charge on any atom is -0.393 e. The minimum atomic E-state index is -0.296. The fourth-order valence-electron chi connectivity index (χ4n) is 0.884. The van der Waals surface area contributed by atoms with Gasteiger partial charge >= 0.3 is 0 Å². The third-order valence-electron chi connectivity index (χ3n) is 2.35. The van der Waals surface area contributed by atoms with E-state index in [0.29, 0.717) is 12.3 Å². The molecule has 2 atom stereocenters. The maximum absolute atomic E-state index is 9.72. The molecule has 74 valence electrons. The smallest absolute Gasteiger partial charge is 0.0603 e. The van der Waals surface area contributed by atoms with Crippen LogP contribution < -0.4 is 5.73 Å². The van der Waals surface area contributed by atoms with Crippen molar-refractivity contribution in [2.45, 2.75) is 53.2 Å². The third-order valence-corrected chi connectivity index (χ3v) is 2.35. The van der Waals surface area contributed by atoms with Gasteiger partial charge in [0.25, 0.3) is 0 Å². The number of rotatable bonds is 3. The molecule has 3 N–H and O–H groups in total. The lowest BCUT2D eigenvalue weighted by Gasteiger charge is -2.29. The molecule has 2 heteroatoms. The summed E-state index contributed by atoms with van der Waals surface area (Å²) in [5, 5.41) is 9.72. The molecule has 2 unspecified atom stereocenters. The lowest BCUT2D eigenvalue weighted by molar-refractivity contribution is 0.0459. The van der Waals surface area contributed by atoms with Gasteiger partial charge in [-0.15, -0.1) is 0 Å². The fourth-order valence-corrected chi connectivity index (χ4v) is 0.884. The predicted molar refractivity (Wildman–Crippen MR) is 52.9 cm³/mol. The Bertz CT molecular complexity index is 126. The van der Waals surface area contributed by atoms with Crippen molar-refractivity contribution in [3.63, 3.8) is 0 Å². The van der Waals surface area contributed by atoms with Gasteiger partial charge in [-0.2, -0.15) is 0 Å². The molecular weight excluding hydrogens is 150 g/mol. The second kappa shape index (κ2) is 4.24. The molecule has 0 aromatic rings. The van der Waals surface area contributed by atoms with Gasteiger partial charge in [0, 0.05) is 6.04 Å². The first-order chi connectivity index (χ1) is 5.25. The van der Waals surface area contributed by atoms with Crippen molar-refractivity contribution in [3.05, 3.63) is 0 Å². The Kier molecular flexibility index (Phi) is 4.21. The van der Waals surface area contributed by atoms with Gasteiger partial charge < -0.3 is 10.8 Å². The SMILES string of the molecule is CC(C)C(N)CC(O)C(C)(C)C. The largest absolute Gasteiger partial charge is 0.393 e. The zero-order chi connectivity index (χ0) is 9.94. The first-order valence-corrected chi connectivity index (χ1v) is 4.68. The van der Waals surface area contributed by atoms with Gasteiger partial charge in [-0.1, -0.05) is 34.6 Å². The number of aliphatic hydroxyl groups is 1. The van der Waals surface area contributed by atoms with E-state index >= 15 is 0 Å². The number of hydrogen-bond donors (Lipinski definition) is 2. The van der Waals surface area contributed by atoms with E-state index in [2.05, 4.69) is 13.8 Å². The first kappa shape index (κ1) is 11.9. The number of aliphatic hydroxyl groups excluding tert-OH is 1. The Morgan fingerprint density at radius 3 is 1.92 bits per heavy atom. The van der Waals surface area contributed by atoms with Crippen LogP contribution in [0.3, 0.4) is 0 Å². The first-order valence-electron chi connectivity index (χ1n) is 4.68. The Hall–Kier alpha value is -0.0800. The second-order valence-corrected chi connectivity index (χ2v) is 5.03. The van der Waals surface area contributed by atoms with Gasteiger partial charge in [0.05, 0.1) is 6.10 Å². The molecule has 0 aromatic carbocycles. The zero-order valence-electron chi connectivity index (χ0n) is 8.96. The molecule has 0 heterocycles. The van der Waals surface area contributed by atoms with Crippen LogP contribution in [0.15, 0.2) is 0 Å². The van der Waals surface area contributed by atoms with E-state index in [4.69, 9.17) is 5.73 Å². The molecule has 0 fully saturated rings. The van der Waals surface area contributed by atoms with Gasteiger partial charge in [-0.25, -0.2) is 0 Å². The van der Waals surface area contributed by atoms with Crippen LogP contribution in [0, 0.1) is 11.3 Å². The van der Waals surface area contributed by atoms with Crippen LogP contribution >= 0.6 is 0 Å². The van der Waals surface area contributed by atoms with E-state index < -0.39 is 0 Å². The highest BCUT2D eigenvalue weighted by Crippen LogP contribution is 2.23. The van der Waals surface area contributed by atoms with Gasteiger partial charge in [0.1, 0.15) is 0 Å². The molecule has 0 radical (unpaired) electrons. The summed E-state index contributed by atoms with van der Waals surface area (Å²) in [6.07, 6.45) is 0.399. The monoisotopic (exact) mass is 173 g/mol. The predicted octanol–water partition coefficient (Wildman–Crippen LogP) is 1.77. The molecule has 0 aromatic heterocycles. The highest BCUT2D eigenvalue weighted by Gasteiger charge is 2.24. The van der Waals surface area contributed by atoms with Crippen LogP contribution in [0.1, 0.15) is 41.0 Å². The minimum absolute atomic E-state index is 0.0491. The van der Waals surface area contributed by atoms with Gasteiger partial charge in [-0.05, 0) is 17.8 Å². The summed E-state index contributed by atoms with van der Waals surface area (Å²) in [4.78, 5) is 0. The summed E-state index contributed by atoms with van der Waals surface area (Å²) < 4.78 is 0. The normalized spacial score (nSPS) is 18.0. The average molecular weight is 173 g/mol. The fraction of sp³-hybridized carbons (Fsp3) is 1.00. The third kappa shape index (κ3) is 4.07. The average Bonchev–Trinajstić information content (AvgIpc) is 1.85. The highest BCUT2D eigenvalue weighted by atomic mass is 16.3. The van der Waals surface area contributed by atoms with E-state index in [1.54, 1.807) is 0 Å². The van der Waals surface area contributed by atoms with Crippen LogP contribution in [-0.2, 0) is 0 Å². The highest BCUT2D eigenvalue weighted by molar-refractivity contribution is 4.78. The molecule has 0 bridgehead atoms. The Morgan fingerprint density at radius 1 is 1.25 bits per heavy atom. The molecule has 2 nitrogen and oxygen atoms in total. The van der Waals surface area contributed by atoms with Crippen molar-refractivity contribution in [1.29, 1.82) is 0 Å². The lowest BCUT2D eigenvalue weighted by atomic mass is 9.83. The van der Waals surface area contributed by atoms with E-state index in [1.807, 2.05) is 20.8 Å². The molecule has 0 amide bonds. The summed E-state index contributed by atoms with van der Waals surface area (Å²) in [6, 6.07) is 0.110. The van der Waals surface area contributed by atoms with E-state index in [0.717, 1.165) is 0 Å². The maximum atomic E-state index is 9.72. The number of hydrogen-bond acceptors (Lipinski definition) is 2. The Labute approximate surface area is 76.2 Å². The zero-order valence-corrected chi connectivity index (χ0v) is 8.96. The second-order valence-electron chi connectivity index (χ2n) is 5.03. The summed E-state index contributed by atoms with van der Waals surface area (Å²) >= 11 is 0. The van der Waals surface area contributed by atoms with Gasteiger partial charge in [0.15, 0.2) is 0 Å². The summed E-state index contributed by atoms with van der Waals surface area (Å²) in [5.74, 6) is 0.446. The van der Waals surface area contributed by atoms with Crippen molar-refractivity contribution in [2.24, 2.45) is 17.1 Å². The summed E-state index contributed by atoms with van der Waals surface area (Å²) in [6.45, 7) is 10.3. The van der Waals surface area contributed by atoms with Gasteiger partial charge in [0.2, 0.25) is 0 Å². The molecule has 12 heavy (non-hydrogen) atoms. The molecule has 0 spiro atoms. The van der Waals surface area contributed by atoms with Crippen molar-refractivity contribution >= 4 is 0 Å². The number of nitrogens with two attached hydrogens (primary N) is 1. The Balaban J connectivity index is 3.93. The molecule has 0 saturated heterocycles. The molecule has 0 rings (SSSR count). The van der Waals surface area contributed by atoms with Crippen molar-refractivity contribution in [2.75, 3.05) is 0 Å². The van der Waals surface area contributed by atoms with Crippen LogP contribution in [-0.4, -0.2) is 17.3 Å². The summed E-state index contributed by atoms with van der Waals surface area (Å²) in [7, 11) is 0. The summed E-state index contributed by atoms with van der Waals surface area (Å²) in [5.41, 5.74) is 5.80. The quantitative estimate of drug-likeness (QED) is 0.683. The van der Waals surface area contributed by atoms with Crippen molar-refractivity contribution < 1.29 is 5.11 Å². The van der Waals surface area contributed by atoms with E-state index in [1.165, 1.54) is 0 Å². The van der Waals surface area contributed by atoms with Crippen LogP contribution in [0.4, 0.5) is 0 Å². The maximum Gasteiger partial charge on any atom is 0.0603 e. The standard InChI is InChI=1S/C10H23NO/c1-7(2)8(11)6-9(12)10(3,4)5/h7-9,12H,6,11H2,1-5H3. The van der Waals surface area contributed by atoms with Crippen molar-refractivity contribution in [1.82, 2.24) is 0 Å². The van der Waals surface area contributed by atoms with Gasteiger partial charge in [-0.3, -0.25) is 0 Å². The van der Waals surface area contributed by atoms with Crippen LogP contribution in [0.2, 0.25) is 0 Å². The lowest BCUT2D eigenvalue weighted by Crippen LogP contribution is -2.36. The molecule has 0 aliphatic rings. The van der Waals surface area contributed by atoms with Crippen LogP contribution in [0.25, 0.3) is 0 Å². The molecular formula is C10H23NO. The van der Waals surface area contributed by atoms with Crippen LogP contribution in [0.5, 0.6) is 0 Å². The van der Waals surface area contributed by atoms with E-state index in [-0.39, 0.29) is 17.6 Å². The molecule has 0 saturated carbocycles.